The number of nitrogens with zero attached hydrogens (tertiary/aromatic N) is 5. The number of anilines is 3. The van der Waals surface area contributed by atoms with Crippen LogP contribution in [0.25, 0.3) is 0 Å². The molecule has 0 unspecified atom stereocenters. The van der Waals surface area contributed by atoms with E-state index in [1.54, 1.807) is 20.0 Å². The molecule has 37 heavy (non-hydrogen) atoms. The zero-order chi connectivity index (χ0) is 25.8. The highest BCUT2D eigenvalue weighted by Crippen LogP contribution is 2.30. The molecule has 1 atom stereocenters. The number of aromatic amines is 1. The second-order valence-corrected chi connectivity index (χ2v) is 8.66. The first-order valence-corrected chi connectivity index (χ1v) is 11.6. The van der Waals surface area contributed by atoms with Crippen molar-refractivity contribution in [3.05, 3.63) is 95.6 Å². The average molecular weight is 496 g/mol. The van der Waals surface area contributed by atoms with E-state index in [9.17, 15) is 9.59 Å². The molecule has 0 saturated heterocycles. The number of amides is 3. The van der Waals surface area contributed by atoms with Crippen molar-refractivity contribution in [2.24, 2.45) is 4.99 Å². The van der Waals surface area contributed by atoms with E-state index < -0.39 is 11.7 Å². The number of carbonyl (C=O) groups is 2. The van der Waals surface area contributed by atoms with E-state index >= 15 is 0 Å². The van der Waals surface area contributed by atoms with E-state index in [0.29, 0.717) is 29.6 Å². The molecule has 11 heteroatoms. The smallest absolute Gasteiger partial charge is 0.321 e. The molecule has 5 rings (SSSR count). The third-order valence-electron chi connectivity index (χ3n) is 5.97. The van der Waals surface area contributed by atoms with Crippen LogP contribution in [0.1, 0.15) is 23.6 Å². The van der Waals surface area contributed by atoms with Gasteiger partial charge in [0.25, 0.3) is 5.91 Å². The van der Waals surface area contributed by atoms with Crippen molar-refractivity contribution in [2.45, 2.75) is 19.1 Å². The number of hydrogen-bond acceptors (Lipinski definition) is 7. The van der Waals surface area contributed by atoms with Gasteiger partial charge in [-0.3, -0.25) is 4.79 Å². The van der Waals surface area contributed by atoms with Gasteiger partial charge in [0.05, 0.1) is 11.4 Å². The van der Waals surface area contributed by atoms with E-state index in [-0.39, 0.29) is 5.91 Å². The number of benzodiazepines with no additional fused rings is 1. The first kappa shape index (κ1) is 23.7. The lowest BCUT2D eigenvalue weighted by Gasteiger charge is -2.28. The standard InChI is InChI=1S/C26H25N9O2/c1-26(30-25(37)28-19-12-8-9-17(15-19)16-27-24-31-33-34-32-24)23(36)35(2)21-14-7-6-13-20(21)22(29-26)18-10-4-3-5-11-18/h3-15H,16H2,1-2H3,(H2,28,30,37)(H2,27,31,32,33,34)/t26-/m1/s1. The number of fused-ring (bicyclic) bond motifs is 1. The Labute approximate surface area is 213 Å². The topological polar surface area (TPSA) is 140 Å². The van der Waals surface area contributed by atoms with Gasteiger partial charge in [0.2, 0.25) is 11.6 Å². The molecule has 0 fully saturated rings. The Morgan fingerprint density at radius 2 is 1.81 bits per heavy atom. The number of tetrazole rings is 1. The van der Waals surface area contributed by atoms with Gasteiger partial charge in [0, 0.05) is 30.4 Å². The van der Waals surface area contributed by atoms with Gasteiger partial charge in [-0.2, -0.15) is 0 Å². The van der Waals surface area contributed by atoms with Crippen LogP contribution in [0, 0.1) is 0 Å². The van der Waals surface area contributed by atoms with Crippen LogP contribution in [-0.2, 0) is 11.3 Å². The molecule has 1 aliphatic heterocycles. The molecule has 1 aromatic heterocycles. The number of nitrogens with one attached hydrogen (secondary N) is 4. The van der Waals surface area contributed by atoms with Gasteiger partial charge < -0.3 is 20.9 Å². The highest BCUT2D eigenvalue weighted by molar-refractivity contribution is 6.21. The van der Waals surface area contributed by atoms with Gasteiger partial charge in [-0.1, -0.05) is 65.8 Å². The molecule has 11 nitrogen and oxygen atoms in total. The van der Waals surface area contributed by atoms with E-state index in [1.165, 1.54) is 4.90 Å². The van der Waals surface area contributed by atoms with Crippen molar-refractivity contribution in [3.63, 3.8) is 0 Å². The number of hydrogen-bond donors (Lipinski definition) is 4. The number of likely N-dealkylation sites (N-methyl/N-ethyl adjacent to an activating group) is 1. The first-order chi connectivity index (χ1) is 17.9. The fraction of sp³-hybridized carbons (Fsp3) is 0.154. The fourth-order valence-electron chi connectivity index (χ4n) is 4.19. The summed E-state index contributed by atoms with van der Waals surface area (Å²) in [6.45, 7) is 2.05. The Hall–Kier alpha value is -5.06. The van der Waals surface area contributed by atoms with E-state index in [1.807, 2.05) is 72.8 Å². The molecule has 0 spiro atoms. The van der Waals surface area contributed by atoms with Crippen molar-refractivity contribution in [1.29, 1.82) is 0 Å². The van der Waals surface area contributed by atoms with Crippen LogP contribution >= 0.6 is 0 Å². The number of para-hydroxylation sites is 1. The maximum Gasteiger partial charge on any atom is 0.321 e. The third-order valence-corrected chi connectivity index (χ3v) is 5.97. The number of aromatic nitrogens is 4. The van der Waals surface area contributed by atoms with Gasteiger partial charge in [0.15, 0.2) is 0 Å². The lowest BCUT2D eigenvalue weighted by Crippen LogP contribution is -2.56. The lowest BCUT2D eigenvalue weighted by molar-refractivity contribution is -0.123. The van der Waals surface area contributed by atoms with Gasteiger partial charge in [0.1, 0.15) is 0 Å². The summed E-state index contributed by atoms with van der Waals surface area (Å²) in [5.41, 5.74) is 2.87. The largest absolute Gasteiger partial charge is 0.349 e. The summed E-state index contributed by atoms with van der Waals surface area (Å²) < 4.78 is 0. The van der Waals surface area contributed by atoms with Crippen molar-refractivity contribution in [2.75, 3.05) is 22.6 Å². The van der Waals surface area contributed by atoms with Crippen molar-refractivity contribution < 1.29 is 9.59 Å². The molecular weight excluding hydrogens is 470 g/mol. The van der Waals surface area contributed by atoms with Gasteiger partial charge in [-0.25, -0.2) is 14.9 Å². The molecule has 0 saturated carbocycles. The predicted octanol–water partition coefficient (Wildman–Crippen LogP) is 3.16. The van der Waals surface area contributed by atoms with Crippen molar-refractivity contribution in [3.8, 4) is 0 Å². The summed E-state index contributed by atoms with van der Waals surface area (Å²) in [7, 11) is 1.68. The quantitative estimate of drug-likeness (QED) is 0.324. The van der Waals surface area contributed by atoms with E-state index in [2.05, 4.69) is 36.6 Å². The van der Waals surface area contributed by atoms with Gasteiger partial charge in [-0.05, 0) is 41.1 Å². The Kier molecular flexibility index (Phi) is 6.33. The van der Waals surface area contributed by atoms with Crippen LogP contribution in [0.5, 0.6) is 0 Å². The molecular formula is C26H25N9O2. The highest BCUT2D eigenvalue weighted by atomic mass is 16.2. The second kappa shape index (κ2) is 9.90. The molecule has 3 aromatic carbocycles. The Bertz CT molecular complexity index is 1450. The Morgan fingerprint density at radius 1 is 1.03 bits per heavy atom. The second-order valence-electron chi connectivity index (χ2n) is 8.66. The summed E-state index contributed by atoms with van der Waals surface area (Å²) in [5, 5.41) is 22.1. The zero-order valence-corrected chi connectivity index (χ0v) is 20.3. The summed E-state index contributed by atoms with van der Waals surface area (Å²) in [6, 6.07) is 23.9. The molecule has 3 amide bonds. The van der Waals surface area contributed by atoms with Crippen molar-refractivity contribution >= 4 is 35.0 Å². The number of H-pyrrole nitrogens is 1. The van der Waals surface area contributed by atoms with Crippen molar-refractivity contribution in [1.82, 2.24) is 25.9 Å². The van der Waals surface area contributed by atoms with Crippen LogP contribution in [-0.4, -0.2) is 51.0 Å². The first-order valence-electron chi connectivity index (χ1n) is 11.6. The van der Waals surface area contributed by atoms with Gasteiger partial charge in [-0.15, -0.1) is 0 Å². The van der Waals surface area contributed by atoms with Crippen LogP contribution in [0.3, 0.4) is 0 Å². The number of benzene rings is 3. The lowest BCUT2D eigenvalue weighted by atomic mass is 10.0. The van der Waals surface area contributed by atoms with Gasteiger partial charge >= 0.3 is 6.03 Å². The third kappa shape index (κ3) is 5.01. The summed E-state index contributed by atoms with van der Waals surface area (Å²) in [5.74, 6) is 0.0766. The predicted molar refractivity (Wildman–Crippen MR) is 140 cm³/mol. The Balaban J connectivity index is 1.40. The molecule has 186 valence electrons. The number of carbonyl (C=O) groups excluding carboxylic acids is 2. The van der Waals surface area contributed by atoms with Crippen LogP contribution in [0.4, 0.5) is 22.1 Å². The number of aliphatic imine (C=N–C) groups is 1. The van der Waals surface area contributed by atoms with Crippen LogP contribution in [0.15, 0.2) is 83.9 Å². The minimum absolute atomic E-state index is 0.361. The molecule has 0 bridgehead atoms. The summed E-state index contributed by atoms with van der Waals surface area (Å²) >= 11 is 0. The zero-order valence-electron chi connectivity index (χ0n) is 20.3. The summed E-state index contributed by atoms with van der Waals surface area (Å²) in [6.07, 6.45) is 0. The fourth-order valence-corrected chi connectivity index (χ4v) is 4.19. The molecule has 0 radical (unpaired) electrons. The summed E-state index contributed by atoms with van der Waals surface area (Å²) in [4.78, 5) is 33.1. The highest BCUT2D eigenvalue weighted by Gasteiger charge is 2.41. The maximum absolute atomic E-state index is 13.6. The number of rotatable bonds is 6. The van der Waals surface area contributed by atoms with E-state index in [4.69, 9.17) is 4.99 Å². The monoisotopic (exact) mass is 495 g/mol. The molecule has 4 N–H and O–H groups in total. The normalized spacial score (nSPS) is 16.9. The number of urea groups is 1. The SMILES string of the molecule is CN1C(=O)[C@@](C)(NC(=O)Nc2cccc(CNc3nnn[nH]3)c2)N=C(c2ccccc2)c2ccccc21. The average Bonchev–Trinajstić information content (AvgIpc) is 3.42. The maximum atomic E-state index is 13.6. The molecule has 0 aliphatic carbocycles. The van der Waals surface area contributed by atoms with Crippen LogP contribution < -0.4 is 20.9 Å². The minimum Gasteiger partial charge on any atom is -0.349 e. The Morgan fingerprint density at radius 3 is 2.59 bits per heavy atom. The van der Waals surface area contributed by atoms with E-state index in [0.717, 1.165) is 16.7 Å². The molecule has 2 heterocycles. The minimum atomic E-state index is -1.55. The molecule has 1 aliphatic rings. The van der Waals surface area contributed by atoms with Crippen LogP contribution in [0.2, 0.25) is 0 Å². The molecule has 4 aromatic rings.